The minimum absolute atomic E-state index is 0.101. The zero-order valence-electron chi connectivity index (χ0n) is 11.9. The van der Waals surface area contributed by atoms with Crippen LogP contribution >= 0.6 is 0 Å². The zero-order valence-corrected chi connectivity index (χ0v) is 11.9. The van der Waals surface area contributed by atoms with Crippen molar-refractivity contribution in [2.24, 2.45) is 0 Å². The van der Waals surface area contributed by atoms with Gasteiger partial charge in [-0.3, -0.25) is 4.79 Å². The van der Waals surface area contributed by atoms with Crippen molar-refractivity contribution in [1.82, 2.24) is 4.90 Å². The van der Waals surface area contributed by atoms with Gasteiger partial charge in [0, 0.05) is 38.4 Å². The number of rotatable bonds is 5. The van der Waals surface area contributed by atoms with Crippen LogP contribution in [0.2, 0.25) is 0 Å². The van der Waals surface area contributed by atoms with Gasteiger partial charge in [0.15, 0.2) is 0 Å². The lowest BCUT2D eigenvalue weighted by atomic mass is 10.2. The van der Waals surface area contributed by atoms with Crippen LogP contribution in [0.3, 0.4) is 0 Å². The summed E-state index contributed by atoms with van der Waals surface area (Å²) in [4.78, 5) is 16.2. The summed E-state index contributed by atoms with van der Waals surface area (Å²) in [6, 6.07) is 7.92. The molecule has 1 heterocycles. The van der Waals surface area contributed by atoms with E-state index in [2.05, 4.69) is 10.2 Å². The number of amides is 1. The fraction of sp³-hybridized carbons (Fsp3) is 0.533. The number of nitrogens with zero attached hydrogens (tertiary/aromatic N) is 2. The Morgan fingerprint density at radius 2 is 1.84 bits per heavy atom. The Morgan fingerprint density at radius 1 is 1.21 bits per heavy atom. The van der Waals surface area contributed by atoms with E-state index in [1.54, 1.807) is 0 Å². The first-order valence-corrected chi connectivity index (χ1v) is 6.95. The average molecular weight is 261 g/mol. The summed E-state index contributed by atoms with van der Waals surface area (Å²) in [7, 11) is 4.01. The van der Waals surface area contributed by atoms with E-state index < -0.39 is 0 Å². The zero-order chi connectivity index (χ0) is 13.7. The Hall–Kier alpha value is -1.55. The van der Waals surface area contributed by atoms with Crippen LogP contribution in [-0.2, 0) is 4.79 Å². The molecule has 0 bridgehead atoms. The molecule has 1 fully saturated rings. The fourth-order valence-corrected chi connectivity index (χ4v) is 2.33. The predicted octanol–water partition coefficient (Wildman–Crippen LogP) is 2.18. The van der Waals surface area contributed by atoms with E-state index in [1.807, 2.05) is 43.3 Å². The van der Waals surface area contributed by atoms with Gasteiger partial charge in [0.05, 0.1) is 0 Å². The first-order chi connectivity index (χ1) is 9.15. The number of anilines is 2. The van der Waals surface area contributed by atoms with Crippen molar-refractivity contribution in [3.05, 3.63) is 24.3 Å². The molecule has 0 atom stereocenters. The molecule has 104 valence electrons. The molecule has 1 aromatic carbocycles. The van der Waals surface area contributed by atoms with Crippen LogP contribution in [0.5, 0.6) is 0 Å². The van der Waals surface area contributed by atoms with E-state index in [-0.39, 0.29) is 5.91 Å². The molecule has 4 heteroatoms. The Kier molecular flexibility index (Phi) is 4.80. The second-order valence-corrected chi connectivity index (χ2v) is 5.29. The summed E-state index contributed by atoms with van der Waals surface area (Å²) in [6.07, 6.45) is 3.12. The van der Waals surface area contributed by atoms with Crippen molar-refractivity contribution in [3.63, 3.8) is 0 Å². The Morgan fingerprint density at radius 3 is 2.42 bits per heavy atom. The van der Waals surface area contributed by atoms with E-state index in [1.165, 1.54) is 12.8 Å². The van der Waals surface area contributed by atoms with E-state index in [0.717, 1.165) is 31.0 Å². The Bertz CT molecular complexity index is 408. The molecule has 1 N–H and O–H groups in total. The van der Waals surface area contributed by atoms with Gasteiger partial charge in [0.2, 0.25) is 5.91 Å². The topological polar surface area (TPSA) is 35.6 Å². The summed E-state index contributed by atoms with van der Waals surface area (Å²) in [5.41, 5.74) is 2.01. The quantitative estimate of drug-likeness (QED) is 0.882. The molecule has 0 aromatic heterocycles. The first kappa shape index (κ1) is 13.9. The molecule has 1 aliphatic heterocycles. The fourth-order valence-electron chi connectivity index (χ4n) is 2.33. The second-order valence-electron chi connectivity index (χ2n) is 5.29. The van der Waals surface area contributed by atoms with Gasteiger partial charge in [-0.25, -0.2) is 0 Å². The predicted molar refractivity (Wildman–Crippen MR) is 79.7 cm³/mol. The second kappa shape index (κ2) is 6.57. The number of likely N-dealkylation sites (tertiary alicyclic amines) is 1. The summed E-state index contributed by atoms with van der Waals surface area (Å²) in [5, 5.41) is 2.95. The third kappa shape index (κ3) is 4.24. The van der Waals surface area contributed by atoms with E-state index >= 15 is 0 Å². The van der Waals surface area contributed by atoms with Gasteiger partial charge >= 0.3 is 0 Å². The molecule has 1 aliphatic rings. The van der Waals surface area contributed by atoms with Crippen molar-refractivity contribution in [3.8, 4) is 0 Å². The van der Waals surface area contributed by atoms with Gasteiger partial charge in [-0.15, -0.1) is 0 Å². The van der Waals surface area contributed by atoms with Crippen LogP contribution in [0.25, 0.3) is 0 Å². The standard InChI is InChI=1S/C15H23N3O/c1-17(2)14-7-5-13(6-8-14)16-15(19)9-12-18-10-3-4-11-18/h5-8H,3-4,9-12H2,1-2H3,(H,16,19). The Labute approximate surface area is 115 Å². The van der Waals surface area contributed by atoms with E-state index in [0.29, 0.717) is 6.42 Å². The van der Waals surface area contributed by atoms with Crippen LogP contribution in [0, 0.1) is 0 Å². The van der Waals surface area contributed by atoms with Gasteiger partial charge < -0.3 is 15.1 Å². The smallest absolute Gasteiger partial charge is 0.225 e. The Balaban J connectivity index is 1.77. The number of hydrogen-bond donors (Lipinski definition) is 1. The van der Waals surface area contributed by atoms with Crippen molar-refractivity contribution >= 4 is 17.3 Å². The molecular weight excluding hydrogens is 238 g/mol. The lowest BCUT2D eigenvalue weighted by Crippen LogP contribution is -2.25. The van der Waals surface area contributed by atoms with Gasteiger partial charge in [0.25, 0.3) is 0 Å². The van der Waals surface area contributed by atoms with Crippen molar-refractivity contribution in [2.75, 3.05) is 43.9 Å². The number of hydrogen-bond acceptors (Lipinski definition) is 3. The first-order valence-electron chi connectivity index (χ1n) is 6.95. The van der Waals surface area contributed by atoms with Gasteiger partial charge in [-0.1, -0.05) is 0 Å². The highest BCUT2D eigenvalue weighted by molar-refractivity contribution is 5.91. The highest BCUT2D eigenvalue weighted by Crippen LogP contribution is 2.16. The molecule has 0 aliphatic carbocycles. The van der Waals surface area contributed by atoms with Crippen molar-refractivity contribution < 1.29 is 4.79 Å². The maximum Gasteiger partial charge on any atom is 0.225 e. The summed E-state index contributed by atoms with van der Waals surface area (Å²) in [5.74, 6) is 0.101. The molecule has 0 saturated carbocycles. The molecule has 1 saturated heterocycles. The normalized spacial score (nSPS) is 15.5. The van der Waals surface area contributed by atoms with Crippen LogP contribution in [-0.4, -0.2) is 44.5 Å². The lowest BCUT2D eigenvalue weighted by molar-refractivity contribution is -0.116. The monoisotopic (exact) mass is 261 g/mol. The molecule has 2 rings (SSSR count). The average Bonchev–Trinajstić information content (AvgIpc) is 2.90. The maximum absolute atomic E-state index is 11.8. The van der Waals surface area contributed by atoms with Crippen LogP contribution < -0.4 is 10.2 Å². The minimum atomic E-state index is 0.101. The largest absolute Gasteiger partial charge is 0.378 e. The number of carbonyl (C=O) groups excluding carboxylic acids is 1. The molecule has 0 unspecified atom stereocenters. The highest BCUT2D eigenvalue weighted by atomic mass is 16.1. The van der Waals surface area contributed by atoms with Crippen LogP contribution in [0.4, 0.5) is 11.4 Å². The SMILES string of the molecule is CN(C)c1ccc(NC(=O)CCN2CCCC2)cc1. The van der Waals surface area contributed by atoms with Crippen LogP contribution in [0.15, 0.2) is 24.3 Å². The summed E-state index contributed by atoms with van der Waals surface area (Å²) in [6.45, 7) is 3.16. The number of carbonyl (C=O) groups is 1. The molecule has 4 nitrogen and oxygen atoms in total. The molecule has 19 heavy (non-hydrogen) atoms. The number of nitrogens with one attached hydrogen (secondary N) is 1. The number of benzene rings is 1. The molecule has 1 aromatic rings. The van der Waals surface area contributed by atoms with Crippen LogP contribution in [0.1, 0.15) is 19.3 Å². The third-order valence-corrected chi connectivity index (χ3v) is 3.52. The minimum Gasteiger partial charge on any atom is -0.378 e. The molecule has 0 spiro atoms. The van der Waals surface area contributed by atoms with E-state index in [4.69, 9.17) is 0 Å². The third-order valence-electron chi connectivity index (χ3n) is 3.52. The highest BCUT2D eigenvalue weighted by Gasteiger charge is 2.12. The summed E-state index contributed by atoms with van der Waals surface area (Å²) < 4.78 is 0. The molecule has 0 radical (unpaired) electrons. The van der Waals surface area contributed by atoms with Crippen molar-refractivity contribution in [2.45, 2.75) is 19.3 Å². The molecule has 1 amide bonds. The van der Waals surface area contributed by atoms with Gasteiger partial charge in [-0.2, -0.15) is 0 Å². The lowest BCUT2D eigenvalue weighted by Gasteiger charge is -2.15. The van der Waals surface area contributed by atoms with Gasteiger partial charge in [-0.05, 0) is 50.2 Å². The maximum atomic E-state index is 11.8. The molecular formula is C15H23N3O. The van der Waals surface area contributed by atoms with Gasteiger partial charge in [0.1, 0.15) is 0 Å². The summed E-state index contributed by atoms with van der Waals surface area (Å²) >= 11 is 0. The van der Waals surface area contributed by atoms with E-state index in [9.17, 15) is 4.79 Å². The van der Waals surface area contributed by atoms with Crippen molar-refractivity contribution in [1.29, 1.82) is 0 Å².